The van der Waals surface area contributed by atoms with E-state index in [1.165, 1.54) is 55.5 Å². The molecule has 2 aromatic carbocycles. The van der Waals surface area contributed by atoms with E-state index in [0.29, 0.717) is 5.56 Å². The molecule has 0 saturated heterocycles. The van der Waals surface area contributed by atoms with E-state index >= 15 is 0 Å². The second-order valence-electron chi connectivity index (χ2n) is 6.03. The van der Waals surface area contributed by atoms with Gasteiger partial charge in [0.1, 0.15) is 5.69 Å². The number of non-ortho nitro benzene ring substituents is 1. The normalized spacial score (nSPS) is 10.5. The molecule has 0 fully saturated rings. The molecule has 12 heteroatoms. The van der Waals surface area contributed by atoms with E-state index in [1.54, 1.807) is 0 Å². The Morgan fingerprint density at radius 3 is 2.30 bits per heavy atom. The van der Waals surface area contributed by atoms with Gasteiger partial charge in [-0.05, 0) is 23.8 Å². The Balaban J connectivity index is 2.13. The summed E-state index contributed by atoms with van der Waals surface area (Å²) >= 11 is 6.07. The van der Waals surface area contributed by atoms with E-state index in [-0.39, 0.29) is 38.7 Å². The minimum Gasteiger partial charge on any atom is -0.594 e. The van der Waals surface area contributed by atoms with E-state index in [0.717, 1.165) is 0 Å². The molecule has 3 rings (SSSR count). The number of aromatic nitrogens is 2. The first kappa shape index (κ1) is 20.6. The molecule has 1 heterocycles. The summed E-state index contributed by atoms with van der Waals surface area (Å²) in [6, 6.07) is 10.6. The third-order valence-electron chi connectivity index (χ3n) is 4.23. The van der Waals surface area contributed by atoms with Crippen LogP contribution in [0.5, 0.6) is 0 Å². The van der Waals surface area contributed by atoms with E-state index in [1.807, 2.05) is 0 Å². The van der Waals surface area contributed by atoms with Crippen LogP contribution in [0, 0.1) is 32.4 Å². The van der Waals surface area contributed by atoms with Gasteiger partial charge in [0, 0.05) is 30.2 Å². The predicted molar refractivity (Wildman–Crippen MR) is 106 cm³/mol. The third-order valence-corrected chi connectivity index (χ3v) is 4.49. The molecular weight excluding hydrogens is 418 g/mol. The second kappa shape index (κ2) is 8.09. The zero-order valence-corrected chi connectivity index (χ0v) is 16.0. The maximum Gasteiger partial charge on any atom is 0.292 e. The van der Waals surface area contributed by atoms with Gasteiger partial charge in [-0.1, -0.05) is 28.6 Å². The zero-order valence-electron chi connectivity index (χ0n) is 15.2. The number of rotatable bonds is 5. The van der Waals surface area contributed by atoms with Crippen molar-refractivity contribution in [2.24, 2.45) is 0 Å². The number of amides is 1. The van der Waals surface area contributed by atoms with Crippen LogP contribution in [0.3, 0.4) is 0 Å². The van der Waals surface area contributed by atoms with Crippen molar-refractivity contribution in [3.05, 3.63) is 90.4 Å². The van der Waals surface area contributed by atoms with E-state index < -0.39 is 20.9 Å². The highest BCUT2D eigenvalue weighted by molar-refractivity contribution is 6.34. The molecule has 0 spiro atoms. The molecule has 0 saturated carbocycles. The third kappa shape index (κ3) is 3.86. The van der Waals surface area contributed by atoms with Crippen molar-refractivity contribution in [1.29, 1.82) is 0 Å². The van der Waals surface area contributed by atoms with Crippen LogP contribution in [-0.2, 0) is 0 Å². The molecule has 152 valence electrons. The van der Waals surface area contributed by atoms with E-state index in [9.17, 15) is 30.2 Å². The second-order valence-corrected chi connectivity index (χ2v) is 6.39. The Hall–Kier alpha value is -4.12. The number of carbonyl (C=O) groups excluding carboxylic acids is 1. The van der Waals surface area contributed by atoms with Gasteiger partial charge in [0.05, 0.1) is 21.0 Å². The van der Waals surface area contributed by atoms with Gasteiger partial charge in [-0.15, -0.1) is 0 Å². The molecule has 0 bridgehead atoms. The number of hydrogen-bond donors (Lipinski definition) is 1. The van der Waals surface area contributed by atoms with Crippen LogP contribution < -0.4 is 10.2 Å². The minimum absolute atomic E-state index is 0.0148. The number of nitro benzene ring substituents is 2. The fourth-order valence-corrected chi connectivity index (χ4v) is 3.07. The van der Waals surface area contributed by atoms with Crippen LogP contribution in [0.25, 0.3) is 11.1 Å². The summed E-state index contributed by atoms with van der Waals surface area (Å²) < 4.78 is 0. The highest BCUT2D eigenvalue weighted by Crippen LogP contribution is 2.32. The zero-order chi connectivity index (χ0) is 22.0. The molecule has 0 radical (unpaired) electrons. The molecule has 0 aliphatic carbocycles. The van der Waals surface area contributed by atoms with Crippen molar-refractivity contribution in [2.45, 2.75) is 6.92 Å². The molecule has 30 heavy (non-hydrogen) atoms. The van der Waals surface area contributed by atoms with Crippen molar-refractivity contribution >= 4 is 34.6 Å². The molecule has 1 amide bonds. The van der Waals surface area contributed by atoms with Gasteiger partial charge in [-0.25, -0.2) is 0 Å². The molecule has 11 nitrogen and oxygen atoms in total. The van der Waals surface area contributed by atoms with E-state index in [2.05, 4.69) is 10.4 Å². The number of nitro groups is 2. The largest absolute Gasteiger partial charge is 0.594 e. The maximum absolute atomic E-state index is 13.0. The molecule has 0 aliphatic rings. The summed E-state index contributed by atoms with van der Waals surface area (Å²) in [5.74, 6) is -0.834. The molecule has 3 aromatic rings. The fraction of sp³-hybridized carbons (Fsp3) is 0.0556. The Bertz CT molecular complexity index is 1180. The smallest absolute Gasteiger partial charge is 0.292 e. The summed E-state index contributed by atoms with van der Waals surface area (Å²) in [6.07, 6.45) is 0. The topological polar surface area (TPSA) is 155 Å². The van der Waals surface area contributed by atoms with Crippen LogP contribution >= 0.6 is 11.6 Å². The van der Waals surface area contributed by atoms with E-state index in [4.69, 9.17) is 11.6 Å². The lowest BCUT2D eigenvalue weighted by molar-refractivity contribution is -0.674. The molecule has 1 aromatic heterocycles. The summed E-state index contributed by atoms with van der Waals surface area (Å²) in [6.45, 7) is 1.40. The number of anilines is 1. The summed E-state index contributed by atoms with van der Waals surface area (Å²) in [7, 11) is 0. The summed E-state index contributed by atoms with van der Waals surface area (Å²) in [5, 5.41) is 39.7. The summed E-state index contributed by atoms with van der Waals surface area (Å²) in [4.78, 5) is 34.0. The Morgan fingerprint density at radius 2 is 1.70 bits per heavy atom. The predicted octanol–water partition coefficient (Wildman–Crippen LogP) is 3.41. The number of para-hydroxylation sites is 2. The Morgan fingerprint density at radius 1 is 1.07 bits per heavy atom. The lowest BCUT2D eigenvalue weighted by Crippen LogP contribution is -2.37. The summed E-state index contributed by atoms with van der Waals surface area (Å²) in [5.41, 5.74) is -0.379. The van der Waals surface area contributed by atoms with Crippen molar-refractivity contribution in [2.75, 3.05) is 5.32 Å². The Kier molecular flexibility index (Phi) is 5.56. The number of nitrogens with zero attached hydrogens (tertiary/aromatic N) is 4. The van der Waals surface area contributed by atoms with Crippen molar-refractivity contribution < 1.29 is 19.5 Å². The first-order chi connectivity index (χ1) is 14.2. The number of carbonyl (C=O) groups is 1. The quantitative estimate of drug-likeness (QED) is 0.282. The van der Waals surface area contributed by atoms with Gasteiger partial charge >= 0.3 is 0 Å². The standard InChI is InChI=1S/C18H12ClN5O6/c1-10-15(11-6-8-12(9-7-11)23(27)28)16(17(19)21-22(10)26)18(25)20-13-4-2-3-5-14(13)24(29)30/h2-9H,1H3,(H,20,25). The van der Waals surface area contributed by atoms with Crippen LogP contribution in [0.1, 0.15) is 16.1 Å². The van der Waals surface area contributed by atoms with Crippen LogP contribution in [0.4, 0.5) is 17.1 Å². The van der Waals surface area contributed by atoms with Gasteiger partial charge in [0.15, 0.2) is 0 Å². The van der Waals surface area contributed by atoms with Crippen molar-refractivity contribution in [3.8, 4) is 11.1 Å². The molecule has 0 aliphatic heterocycles. The lowest BCUT2D eigenvalue weighted by Gasteiger charge is -2.13. The average Bonchev–Trinajstić information content (AvgIpc) is 2.70. The highest BCUT2D eigenvalue weighted by Gasteiger charge is 2.28. The first-order valence-electron chi connectivity index (χ1n) is 8.30. The minimum atomic E-state index is -0.834. The Labute approximate surface area is 173 Å². The van der Waals surface area contributed by atoms with Gasteiger partial charge in [0.2, 0.25) is 10.8 Å². The number of benzene rings is 2. The highest BCUT2D eigenvalue weighted by atomic mass is 35.5. The number of nitrogens with one attached hydrogen (secondary N) is 1. The molecule has 1 N–H and O–H groups in total. The number of halogens is 1. The van der Waals surface area contributed by atoms with Crippen LogP contribution in [-0.4, -0.2) is 20.9 Å². The first-order valence-corrected chi connectivity index (χ1v) is 8.68. The van der Waals surface area contributed by atoms with Gasteiger partial charge < -0.3 is 10.5 Å². The molecule has 0 unspecified atom stereocenters. The fourth-order valence-electron chi connectivity index (χ4n) is 2.82. The molecule has 0 atom stereocenters. The SMILES string of the molecule is Cc1c(-c2ccc([N+](=O)[O-])cc2)c(C(=O)Nc2ccccc2[N+](=O)[O-])c(Cl)n[n+]1[O-]. The van der Waals surface area contributed by atoms with Crippen molar-refractivity contribution in [1.82, 2.24) is 5.10 Å². The van der Waals surface area contributed by atoms with Gasteiger partial charge in [-0.2, -0.15) is 0 Å². The average molecular weight is 430 g/mol. The molecular formula is C18H12ClN5O6. The maximum atomic E-state index is 13.0. The van der Waals surface area contributed by atoms with Gasteiger partial charge in [0.25, 0.3) is 17.3 Å². The monoisotopic (exact) mass is 429 g/mol. The number of hydrogen-bond acceptors (Lipinski definition) is 7. The van der Waals surface area contributed by atoms with Crippen LogP contribution in [0.15, 0.2) is 48.5 Å². The van der Waals surface area contributed by atoms with Crippen molar-refractivity contribution in [3.63, 3.8) is 0 Å². The lowest BCUT2D eigenvalue weighted by atomic mass is 9.99. The van der Waals surface area contributed by atoms with Gasteiger partial charge in [-0.3, -0.25) is 25.0 Å². The van der Waals surface area contributed by atoms with Crippen LogP contribution in [0.2, 0.25) is 5.15 Å².